The first-order chi connectivity index (χ1) is 9.24. The quantitative estimate of drug-likeness (QED) is 0.478. The molecular weight excluding hydrogens is 242 g/mol. The van der Waals surface area contributed by atoms with Gasteiger partial charge in [0.1, 0.15) is 0 Å². The molecular formula is C15H13NO3. The van der Waals surface area contributed by atoms with Crippen LogP contribution in [0.3, 0.4) is 0 Å². The zero-order chi connectivity index (χ0) is 13.7. The second kappa shape index (κ2) is 5.94. The summed E-state index contributed by atoms with van der Waals surface area (Å²) < 4.78 is 4.61. The van der Waals surface area contributed by atoms with E-state index in [-0.39, 0.29) is 0 Å². The Kier molecular flexibility index (Phi) is 4.06. The van der Waals surface area contributed by atoms with Crippen LogP contribution in [0.1, 0.15) is 5.56 Å². The number of esters is 1. The van der Waals surface area contributed by atoms with Crippen LogP contribution in [-0.4, -0.2) is 25.2 Å². The maximum absolute atomic E-state index is 11.5. The van der Waals surface area contributed by atoms with Crippen molar-refractivity contribution in [2.24, 2.45) is 4.99 Å². The Morgan fingerprint density at radius 2 is 2.00 bits per heavy atom. The van der Waals surface area contributed by atoms with Crippen LogP contribution in [0.25, 0.3) is 10.8 Å². The van der Waals surface area contributed by atoms with Gasteiger partial charge in [-0.2, -0.15) is 4.99 Å². The molecule has 0 spiro atoms. The molecule has 0 bridgehead atoms. The van der Waals surface area contributed by atoms with Crippen molar-refractivity contribution < 1.29 is 14.3 Å². The van der Waals surface area contributed by atoms with Crippen molar-refractivity contribution in [3.63, 3.8) is 0 Å². The average molecular weight is 255 g/mol. The van der Waals surface area contributed by atoms with Crippen molar-refractivity contribution in [2.45, 2.75) is 12.5 Å². The molecule has 0 fully saturated rings. The molecule has 0 saturated heterocycles. The van der Waals surface area contributed by atoms with Gasteiger partial charge in [-0.05, 0) is 16.3 Å². The maximum atomic E-state index is 11.5. The van der Waals surface area contributed by atoms with Gasteiger partial charge in [-0.1, -0.05) is 42.5 Å². The minimum absolute atomic E-state index is 0.326. The van der Waals surface area contributed by atoms with Crippen molar-refractivity contribution in [1.29, 1.82) is 0 Å². The summed E-state index contributed by atoms with van der Waals surface area (Å²) in [6, 6.07) is 13.0. The molecule has 96 valence electrons. The van der Waals surface area contributed by atoms with Gasteiger partial charge < -0.3 is 4.74 Å². The summed E-state index contributed by atoms with van der Waals surface area (Å²) in [4.78, 5) is 25.3. The van der Waals surface area contributed by atoms with Gasteiger partial charge in [0.05, 0.1) is 7.11 Å². The van der Waals surface area contributed by atoms with E-state index in [1.165, 1.54) is 13.2 Å². The molecule has 1 atom stereocenters. The number of aliphatic imine (C=N–C) groups is 1. The summed E-state index contributed by atoms with van der Waals surface area (Å²) >= 11 is 0. The summed E-state index contributed by atoms with van der Waals surface area (Å²) in [5.74, 6) is -0.531. The Morgan fingerprint density at radius 1 is 1.26 bits per heavy atom. The number of benzene rings is 2. The van der Waals surface area contributed by atoms with Crippen LogP contribution in [-0.2, 0) is 20.7 Å². The molecule has 2 aromatic rings. The highest BCUT2D eigenvalue weighted by Crippen LogP contribution is 2.17. The monoisotopic (exact) mass is 255 g/mol. The molecule has 0 saturated carbocycles. The Bertz CT molecular complexity index is 645. The van der Waals surface area contributed by atoms with Crippen LogP contribution in [0.5, 0.6) is 0 Å². The van der Waals surface area contributed by atoms with Gasteiger partial charge in [0.15, 0.2) is 6.04 Å². The number of methoxy groups -OCH3 is 1. The van der Waals surface area contributed by atoms with Crippen molar-refractivity contribution in [1.82, 2.24) is 0 Å². The number of carbonyl (C=O) groups is 1. The number of carbonyl (C=O) groups excluding carboxylic acids is 2. The third-order valence-electron chi connectivity index (χ3n) is 2.92. The molecule has 0 aliphatic carbocycles. The summed E-state index contributed by atoms with van der Waals surface area (Å²) in [7, 11) is 1.27. The van der Waals surface area contributed by atoms with Crippen LogP contribution in [0.4, 0.5) is 0 Å². The van der Waals surface area contributed by atoms with Crippen LogP contribution < -0.4 is 0 Å². The Labute approximate surface area is 110 Å². The standard InChI is InChI=1S/C15H13NO3/c1-19-15(18)14(16-10-17)9-11-6-7-12-4-2-3-5-13(12)8-11/h2-8,14H,9H2,1H3/t14-/m1/s1. The van der Waals surface area contributed by atoms with E-state index in [4.69, 9.17) is 0 Å². The number of isocyanates is 1. The highest BCUT2D eigenvalue weighted by atomic mass is 16.5. The number of ether oxygens (including phenoxy) is 1. The third kappa shape index (κ3) is 3.06. The molecule has 2 rings (SSSR count). The first-order valence-electron chi connectivity index (χ1n) is 5.87. The summed E-state index contributed by atoms with van der Waals surface area (Å²) in [6.45, 7) is 0. The van der Waals surface area contributed by atoms with Gasteiger partial charge in [0, 0.05) is 6.42 Å². The number of hydrogen-bond donors (Lipinski definition) is 0. The largest absolute Gasteiger partial charge is 0.467 e. The normalized spacial score (nSPS) is 11.6. The van der Waals surface area contributed by atoms with Crippen LogP contribution in [0.15, 0.2) is 47.5 Å². The van der Waals surface area contributed by atoms with E-state index >= 15 is 0 Å². The van der Waals surface area contributed by atoms with Crippen molar-refractivity contribution in [3.8, 4) is 0 Å². The fourth-order valence-electron chi connectivity index (χ4n) is 1.97. The van der Waals surface area contributed by atoms with Crippen molar-refractivity contribution in [2.75, 3.05) is 7.11 Å². The maximum Gasteiger partial charge on any atom is 0.331 e. The lowest BCUT2D eigenvalue weighted by atomic mass is 10.0. The van der Waals surface area contributed by atoms with Gasteiger partial charge in [-0.25, -0.2) is 9.59 Å². The van der Waals surface area contributed by atoms with E-state index in [2.05, 4.69) is 9.73 Å². The van der Waals surface area contributed by atoms with E-state index < -0.39 is 12.0 Å². The summed E-state index contributed by atoms with van der Waals surface area (Å²) in [5.41, 5.74) is 0.924. The number of nitrogens with zero attached hydrogens (tertiary/aromatic N) is 1. The van der Waals surface area contributed by atoms with Gasteiger partial charge in [-0.3, -0.25) is 0 Å². The highest BCUT2D eigenvalue weighted by molar-refractivity contribution is 5.83. The lowest BCUT2D eigenvalue weighted by Gasteiger charge is -2.09. The second-order valence-corrected chi connectivity index (χ2v) is 4.14. The first-order valence-corrected chi connectivity index (χ1v) is 5.87. The predicted octanol–water partition coefficient (Wildman–Crippen LogP) is 2.26. The lowest BCUT2D eigenvalue weighted by molar-refractivity contribution is -0.142. The molecule has 19 heavy (non-hydrogen) atoms. The molecule has 2 aromatic carbocycles. The molecule has 0 aliphatic rings. The summed E-state index contributed by atoms with van der Waals surface area (Å²) in [6.07, 6.45) is 1.74. The SMILES string of the molecule is COC(=O)[C@@H](Cc1ccc2ccccc2c1)N=C=O. The molecule has 0 heterocycles. The van der Waals surface area contributed by atoms with E-state index in [0.717, 1.165) is 16.3 Å². The first kappa shape index (κ1) is 13.0. The van der Waals surface area contributed by atoms with Crippen LogP contribution in [0, 0.1) is 0 Å². The van der Waals surface area contributed by atoms with Gasteiger partial charge in [0.2, 0.25) is 6.08 Å². The highest BCUT2D eigenvalue weighted by Gasteiger charge is 2.18. The topological polar surface area (TPSA) is 55.7 Å². The summed E-state index contributed by atoms with van der Waals surface area (Å²) in [5, 5.41) is 2.21. The van der Waals surface area contributed by atoms with Crippen LogP contribution >= 0.6 is 0 Å². The molecule has 4 heteroatoms. The number of rotatable bonds is 4. The molecule has 0 unspecified atom stereocenters. The van der Waals surface area contributed by atoms with E-state index in [9.17, 15) is 9.59 Å². The van der Waals surface area contributed by atoms with Crippen molar-refractivity contribution in [3.05, 3.63) is 48.0 Å². The lowest BCUT2D eigenvalue weighted by Crippen LogP contribution is -2.22. The molecule has 0 radical (unpaired) electrons. The average Bonchev–Trinajstić information content (AvgIpc) is 2.46. The molecule has 0 N–H and O–H groups in total. The Balaban J connectivity index is 2.28. The van der Waals surface area contributed by atoms with Gasteiger partial charge in [-0.15, -0.1) is 0 Å². The fourth-order valence-corrected chi connectivity index (χ4v) is 1.97. The molecule has 4 nitrogen and oxygen atoms in total. The predicted molar refractivity (Wildman–Crippen MR) is 71.6 cm³/mol. The molecule has 0 aliphatic heterocycles. The van der Waals surface area contributed by atoms with E-state index in [0.29, 0.717) is 6.42 Å². The molecule has 0 amide bonds. The number of hydrogen-bond acceptors (Lipinski definition) is 4. The Hall–Kier alpha value is -2.45. The minimum atomic E-state index is -0.830. The van der Waals surface area contributed by atoms with E-state index in [1.807, 2.05) is 42.5 Å². The molecule has 0 aromatic heterocycles. The second-order valence-electron chi connectivity index (χ2n) is 4.14. The zero-order valence-corrected chi connectivity index (χ0v) is 10.5. The van der Waals surface area contributed by atoms with Gasteiger partial charge >= 0.3 is 5.97 Å². The van der Waals surface area contributed by atoms with Crippen molar-refractivity contribution >= 4 is 22.8 Å². The fraction of sp³-hybridized carbons (Fsp3) is 0.200. The van der Waals surface area contributed by atoms with E-state index in [1.54, 1.807) is 0 Å². The smallest absolute Gasteiger partial charge is 0.331 e. The van der Waals surface area contributed by atoms with Gasteiger partial charge in [0.25, 0.3) is 0 Å². The zero-order valence-electron chi connectivity index (χ0n) is 10.5. The number of fused-ring (bicyclic) bond motifs is 1. The third-order valence-corrected chi connectivity index (χ3v) is 2.92. The Morgan fingerprint density at radius 3 is 2.68 bits per heavy atom. The van der Waals surface area contributed by atoms with Crippen LogP contribution in [0.2, 0.25) is 0 Å². The minimum Gasteiger partial charge on any atom is -0.467 e.